The molecule has 4 nitrogen and oxygen atoms in total. The maximum absolute atomic E-state index is 13.6. The van der Waals surface area contributed by atoms with Crippen LogP contribution in [-0.2, 0) is 10.9 Å². The lowest BCUT2D eigenvalue weighted by Crippen LogP contribution is -2.57. The summed E-state index contributed by atoms with van der Waals surface area (Å²) in [5.74, 6) is -1.57. The first kappa shape index (κ1) is 16.8. The minimum absolute atomic E-state index is 0.0352. The van der Waals surface area contributed by atoms with Crippen LogP contribution in [0.5, 0.6) is 0 Å². The maximum atomic E-state index is 13.6. The quantitative estimate of drug-likeness (QED) is 0.837. The summed E-state index contributed by atoms with van der Waals surface area (Å²) in [5, 5.41) is 4.99. The molecule has 22 heavy (non-hydrogen) atoms. The highest BCUT2D eigenvalue weighted by molar-refractivity contribution is 5.38. The van der Waals surface area contributed by atoms with Crippen molar-refractivity contribution < 1.29 is 31.1 Å². The molecule has 0 bridgehead atoms. The van der Waals surface area contributed by atoms with Crippen LogP contribution in [0.25, 0.3) is 0 Å². The van der Waals surface area contributed by atoms with Crippen LogP contribution in [-0.4, -0.2) is 36.3 Å². The van der Waals surface area contributed by atoms with Crippen molar-refractivity contribution in [2.75, 3.05) is 18.4 Å². The van der Waals surface area contributed by atoms with Gasteiger partial charge >= 0.3 is 12.3 Å². The molecule has 0 aliphatic carbocycles. The summed E-state index contributed by atoms with van der Waals surface area (Å²) >= 11 is 0. The molecule has 1 aromatic rings. The SMILES string of the molecule is C[C@@H]1OC(F)(F)CN[C@@H]1CNc1ncc(C(F)(F)F)cc1F. The van der Waals surface area contributed by atoms with Gasteiger partial charge in [0.15, 0.2) is 11.6 Å². The van der Waals surface area contributed by atoms with Gasteiger partial charge in [0.1, 0.15) is 0 Å². The van der Waals surface area contributed by atoms with Crippen molar-refractivity contribution in [3.05, 3.63) is 23.6 Å². The van der Waals surface area contributed by atoms with Crippen LogP contribution in [0.4, 0.5) is 32.2 Å². The van der Waals surface area contributed by atoms with Crippen molar-refractivity contribution in [2.24, 2.45) is 0 Å². The Labute approximate surface area is 121 Å². The molecule has 2 N–H and O–H groups in total. The predicted octanol–water partition coefficient (Wildman–Crippen LogP) is 2.62. The van der Waals surface area contributed by atoms with Crippen LogP contribution in [0.3, 0.4) is 0 Å². The molecule has 2 atom stereocenters. The molecule has 1 saturated heterocycles. The van der Waals surface area contributed by atoms with Crippen LogP contribution < -0.4 is 10.6 Å². The number of rotatable bonds is 3. The highest BCUT2D eigenvalue weighted by Gasteiger charge is 2.40. The predicted molar refractivity (Wildman–Crippen MR) is 65.0 cm³/mol. The molecule has 0 amide bonds. The third-order valence-corrected chi connectivity index (χ3v) is 3.15. The number of aromatic nitrogens is 1. The second kappa shape index (κ2) is 5.92. The van der Waals surface area contributed by atoms with E-state index in [0.29, 0.717) is 12.3 Å². The number of nitrogens with one attached hydrogen (secondary N) is 2. The highest BCUT2D eigenvalue weighted by Crippen LogP contribution is 2.30. The average Bonchev–Trinajstić information content (AvgIpc) is 2.37. The fourth-order valence-corrected chi connectivity index (χ4v) is 1.98. The first-order valence-corrected chi connectivity index (χ1v) is 6.34. The molecule has 2 rings (SSSR count). The summed E-state index contributed by atoms with van der Waals surface area (Å²) < 4.78 is 81.0. The number of pyridine rings is 1. The Balaban J connectivity index is 1.98. The fourth-order valence-electron chi connectivity index (χ4n) is 1.98. The highest BCUT2D eigenvalue weighted by atomic mass is 19.4. The average molecular weight is 329 g/mol. The molecule has 1 fully saturated rings. The van der Waals surface area contributed by atoms with Crippen LogP contribution in [0.1, 0.15) is 12.5 Å². The minimum atomic E-state index is -4.69. The number of anilines is 1. The third-order valence-electron chi connectivity index (χ3n) is 3.15. The van der Waals surface area contributed by atoms with Gasteiger partial charge in [0.2, 0.25) is 0 Å². The normalized spacial score (nSPS) is 25.0. The molecule has 2 heterocycles. The number of nitrogens with zero attached hydrogens (tertiary/aromatic N) is 1. The van der Waals surface area contributed by atoms with E-state index in [0.717, 1.165) is 0 Å². The van der Waals surface area contributed by atoms with Gasteiger partial charge in [-0.15, -0.1) is 0 Å². The molecule has 10 heteroatoms. The van der Waals surface area contributed by atoms with Crippen molar-refractivity contribution in [2.45, 2.75) is 31.4 Å². The van der Waals surface area contributed by atoms with Gasteiger partial charge in [-0.1, -0.05) is 0 Å². The van der Waals surface area contributed by atoms with E-state index in [9.17, 15) is 26.3 Å². The Morgan fingerprint density at radius 1 is 1.45 bits per heavy atom. The van der Waals surface area contributed by atoms with Gasteiger partial charge < -0.3 is 15.4 Å². The van der Waals surface area contributed by atoms with E-state index in [-0.39, 0.29) is 12.4 Å². The largest absolute Gasteiger partial charge is 0.417 e. The number of alkyl halides is 5. The molecule has 0 radical (unpaired) electrons. The summed E-state index contributed by atoms with van der Waals surface area (Å²) in [7, 11) is 0. The Hall–Kier alpha value is -1.55. The Bertz CT molecular complexity index is 536. The topological polar surface area (TPSA) is 46.2 Å². The van der Waals surface area contributed by atoms with E-state index in [1.807, 2.05) is 0 Å². The lowest BCUT2D eigenvalue weighted by Gasteiger charge is -2.35. The van der Waals surface area contributed by atoms with Crippen molar-refractivity contribution in [1.29, 1.82) is 0 Å². The maximum Gasteiger partial charge on any atom is 0.417 e. The summed E-state index contributed by atoms with van der Waals surface area (Å²) in [6.07, 6.45) is -8.35. The molecule has 124 valence electrons. The first-order chi connectivity index (χ1) is 10.1. The minimum Gasteiger partial charge on any atom is -0.366 e. The van der Waals surface area contributed by atoms with E-state index < -0.39 is 42.4 Å². The lowest BCUT2D eigenvalue weighted by molar-refractivity contribution is -0.278. The molecule has 0 unspecified atom stereocenters. The van der Waals surface area contributed by atoms with Gasteiger partial charge in [-0.25, -0.2) is 9.37 Å². The summed E-state index contributed by atoms with van der Waals surface area (Å²) in [6.45, 7) is 0.669. The van der Waals surface area contributed by atoms with Gasteiger partial charge in [0.25, 0.3) is 0 Å². The Kier molecular flexibility index (Phi) is 4.52. The molecular formula is C12H13F6N3O. The van der Waals surface area contributed by atoms with Crippen molar-refractivity contribution in [3.63, 3.8) is 0 Å². The second-order valence-electron chi connectivity index (χ2n) is 4.88. The number of hydrogen-bond donors (Lipinski definition) is 2. The van der Waals surface area contributed by atoms with Crippen molar-refractivity contribution in [3.8, 4) is 0 Å². The smallest absolute Gasteiger partial charge is 0.366 e. The monoisotopic (exact) mass is 329 g/mol. The molecule has 0 aromatic carbocycles. The first-order valence-electron chi connectivity index (χ1n) is 6.34. The number of morpholine rings is 1. The molecule has 0 saturated carbocycles. The Morgan fingerprint density at radius 2 is 2.14 bits per heavy atom. The van der Waals surface area contributed by atoms with E-state index in [2.05, 4.69) is 20.4 Å². The van der Waals surface area contributed by atoms with Gasteiger partial charge in [0.05, 0.1) is 24.3 Å². The third kappa shape index (κ3) is 4.01. The molecule has 1 aromatic heterocycles. The van der Waals surface area contributed by atoms with Gasteiger partial charge in [0, 0.05) is 12.7 Å². The zero-order valence-corrected chi connectivity index (χ0v) is 11.3. The van der Waals surface area contributed by atoms with E-state index >= 15 is 0 Å². The number of ether oxygens (including phenoxy) is 1. The van der Waals surface area contributed by atoms with E-state index in [1.54, 1.807) is 0 Å². The molecule has 1 aliphatic rings. The van der Waals surface area contributed by atoms with Crippen LogP contribution >= 0.6 is 0 Å². The van der Waals surface area contributed by atoms with Crippen LogP contribution in [0.2, 0.25) is 0 Å². The van der Waals surface area contributed by atoms with E-state index in [1.165, 1.54) is 6.92 Å². The van der Waals surface area contributed by atoms with Crippen molar-refractivity contribution >= 4 is 5.82 Å². The van der Waals surface area contributed by atoms with Gasteiger partial charge in [-0.05, 0) is 13.0 Å². The summed E-state index contributed by atoms with van der Waals surface area (Å²) in [4.78, 5) is 3.36. The van der Waals surface area contributed by atoms with Crippen LogP contribution in [0, 0.1) is 5.82 Å². The number of halogens is 6. The lowest BCUT2D eigenvalue weighted by atomic mass is 10.1. The molecular weight excluding hydrogens is 316 g/mol. The van der Waals surface area contributed by atoms with Gasteiger partial charge in [-0.2, -0.15) is 22.0 Å². The summed E-state index contributed by atoms with van der Waals surface area (Å²) in [5.41, 5.74) is -1.21. The van der Waals surface area contributed by atoms with Gasteiger partial charge in [-0.3, -0.25) is 0 Å². The van der Waals surface area contributed by atoms with Crippen molar-refractivity contribution in [1.82, 2.24) is 10.3 Å². The second-order valence-corrected chi connectivity index (χ2v) is 4.88. The number of hydrogen-bond acceptors (Lipinski definition) is 4. The van der Waals surface area contributed by atoms with E-state index in [4.69, 9.17) is 0 Å². The summed E-state index contributed by atoms with van der Waals surface area (Å²) in [6, 6.07) is -0.249. The van der Waals surface area contributed by atoms with Crippen LogP contribution in [0.15, 0.2) is 12.3 Å². The standard InChI is InChI=1S/C12H13F6N3O/c1-6-9(21-5-11(14,15)22-6)4-20-10-8(13)2-7(3-19-10)12(16,17)18/h2-3,6,9,21H,4-5H2,1H3,(H,19,20)/t6-,9+/m0/s1. The zero-order valence-electron chi connectivity index (χ0n) is 11.3. The fraction of sp³-hybridized carbons (Fsp3) is 0.583. The zero-order chi connectivity index (χ0) is 16.5. The Morgan fingerprint density at radius 3 is 2.68 bits per heavy atom. The molecule has 0 spiro atoms. The molecule has 1 aliphatic heterocycles.